The lowest BCUT2D eigenvalue weighted by Gasteiger charge is -2.49. The van der Waals surface area contributed by atoms with Crippen molar-refractivity contribution in [3.63, 3.8) is 0 Å². The highest BCUT2D eigenvalue weighted by molar-refractivity contribution is 6.82. The zero-order valence-electron chi connectivity index (χ0n) is 22.9. The Morgan fingerprint density at radius 2 is 1.84 bits per heavy atom. The standard InChI is InChI=1S/C27H41N5O4Si/c1-7-21(33)36-17-20(18-12-9-8-10-13-18)28-25(35)32-16-19-22(26(32,2)3)30-31-23(19)29-24(34)27(14-11-15-27)37(4,5)6/h8-10,12-13,20,23,30-31H,7,11,14-17H2,1-6H3,(H,28,35)(H,29,34)/t20-,23?/m1/s1. The molecule has 10 heteroatoms. The van der Waals surface area contributed by atoms with Gasteiger partial charge in [0.05, 0.1) is 25.4 Å². The molecule has 37 heavy (non-hydrogen) atoms. The molecule has 3 aliphatic rings. The minimum Gasteiger partial charge on any atom is -0.463 e. The predicted molar refractivity (Wildman–Crippen MR) is 145 cm³/mol. The molecule has 1 aromatic carbocycles. The molecule has 0 radical (unpaired) electrons. The SMILES string of the molecule is CCC(=O)OC[C@@H](NC(=O)N1CC2=C(NNC2NC(=O)C2([Si](C)(C)C)CCC2)C1(C)C)c1ccccc1. The first-order chi connectivity index (χ1) is 17.4. The molecule has 202 valence electrons. The Labute approximate surface area is 220 Å². The van der Waals surface area contributed by atoms with Gasteiger partial charge in [-0.3, -0.25) is 9.59 Å². The molecule has 2 heterocycles. The Morgan fingerprint density at radius 3 is 2.41 bits per heavy atom. The van der Waals surface area contributed by atoms with Gasteiger partial charge < -0.3 is 25.7 Å². The van der Waals surface area contributed by atoms with E-state index < -0.39 is 19.7 Å². The van der Waals surface area contributed by atoms with Gasteiger partial charge in [-0.05, 0) is 32.3 Å². The van der Waals surface area contributed by atoms with Crippen molar-refractivity contribution >= 4 is 26.0 Å². The van der Waals surface area contributed by atoms with Gasteiger partial charge in [-0.2, -0.15) is 0 Å². The van der Waals surface area contributed by atoms with Crippen LogP contribution in [0.25, 0.3) is 0 Å². The van der Waals surface area contributed by atoms with E-state index in [4.69, 9.17) is 4.74 Å². The number of benzene rings is 1. The maximum atomic E-state index is 13.6. The van der Waals surface area contributed by atoms with E-state index in [0.717, 1.165) is 36.1 Å². The van der Waals surface area contributed by atoms with E-state index in [1.807, 2.05) is 44.2 Å². The second-order valence-electron chi connectivity index (χ2n) is 11.9. The summed E-state index contributed by atoms with van der Waals surface area (Å²) in [5.74, 6) is -0.192. The number of urea groups is 1. The van der Waals surface area contributed by atoms with Crippen LogP contribution in [0.3, 0.4) is 0 Å². The third kappa shape index (κ3) is 5.01. The van der Waals surface area contributed by atoms with Crippen molar-refractivity contribution in [2.45, 2.75) is 88.9 Å². The highest BCUT2D eigenvalue weighted by Gasteiger charge is 2.55. The number of nitrogens with zero attached hydrogens (tertiary/aromatic N) is 1. The normalized spacial score (nSPS) is 22.4. The van der Waals surface area contributed by atoms with E-state index in [0.29, 0.717) is 6.54 Å². The van der Waals surface area contributed by atoms with E-state index in [-0.39, 0.29) is 42.1 Å². The zero-order valence-corrected chi connectivity index (χ0v) is 23.9. The summed E-state index contributed by atoms with van der Waals surface area (Å²) < 4.78 is 5.38. The monoisotopic (exact) mass is 527 g/mol. The molecule has 1 unspecified atom stereocenters. The average molecular weight is 528 g/mol. The van der Waals surface area contributed by atoms with Crippen LogP contribution in [0.15, 0.2) is 41.6 Å². The quantitative estimate of drug-likeness (QED) is 0.304. The molecule has 9 nitrogen and oxygen atoms in total. The molecule has 0 bridgehead atoms. The molecule has 2 aliphatic heterocycles. The molecule has 1 aliphatic carbocycles. The van der Waals surface area contributed by atoms with Gasteiger partial charge in [-0.15, -0.1) is 0 Å². The minimum absolute atomic E-state index is 0.0566. The number of carbonyl (C=O) groups excluding carboxylic acids is 3. The lowest BCUT2D eigenvalue weighted by atomic mass is 9.83. The highest BCUT2D eigenvalue weighted by Crippen LogP contribution is 2.55. The second-order valence-corrected chi connectivity index (χ2v) is 17.3. The van der Waals surface area contributed by atoms with Gasteiger partial charge in [-0.1, -0.05) is 63.3 Å². The zero-order chi connectivity index (χ0) is 27.0. The molecule has 4 N–H and O–H groups in total. The number of hydrogen-bond acceptors (Lipinski definition) is 6. The van der Waals surface area contributed by atoms with E-state index in [1.54, 1.807) is 11.8 Å². The third-order valence-electron chi connectivity index (χ3n) is 8.42. The van der Waals surface area contributed by atoms with Crippen LogP contribution in [0.4, 0.5) is 4.79 Å². The molecule has 1 aromatic rings. The predicted octanol–water partition coefficient (Wildman–Crippen LogP) is 3.55. The van der Waals surface area contributed by atoms with Gasteiger partial charge in [0.1, 0.15) is 12.8 Å². The third-order valence-corrected chi connectivity index (χ3v) is 12.0. The molecule has 0 saturated heterocycles. The van der Waals surface area contributed by atoms with Gasteiger partial charge in [-0.25, -0.2) is 10.2 Å². The Balaban J connectivity index is 1.47. The van der Waals surface area contributed by atoms with Crippen LogP contribution in [0.2, 0.25) is 24.7 Å². The summed E-state index contributed by atoms with van der Waals surface area (Å²) in [4.78, 5) is 40.6. The molecule has 0 aromatic heterocycles. The van der Waals surface area contributed by atoms with Crippen molar-refractivity contribution in [1.82, 2.24) is 26.4 Å². The van der Waals surface area contributed by atoms with Crippen molar-refractivity contribution in [3.05, 3.63) is 47.2 Å². The van der Waals surface area contributed by atoms with E-state index in [2.05, 4.69) is 41.1 Å². The summed E-state index contributed by atoms with van der Waals surface area (Å²) in [6, 6.07) is 8.77. The maximum Gasteiger partial charge on any atom is 0.319 e. The van der Waals surface area contributed by atoms with Crippen LogP contribution < -0.4 is 21.5 Å². The maximum absolute atomic E-state index is 13.6. The Hall–Kier alpha value is -2.85. The smallest absolute Gasteiger partial charge is 0.319 e. The summed E-state index contributed by atoms with van der Waals surface area (Å²) >= 11 is 0. The molecule has 0 spiro atoms. The van der Waals surface area contributed by atoms with Gasteiger partial charge in [0.25, 0.3) is 0 Å². The van der Waals surface area contributed by atoms with E-state index in [9.17, 15) is 14.4 Å². The van der Waals surface area contributed by atoms with E-state index in [1.165, 1.54) is 0 Å². The Kier molecular flexibility index (Phi) is 7.44. The number of hydrazine groups is 1. The molecule has 1 fully saturated rings. The number of ether oxygens (including phenoxy) is 1. The minimum atomic E-state index is -1.71. The Morgan fingerprint density at radius 1 is 1.16 bits per heavy atom. The molecule has 2 atom stereocenters. The summed E-state index contributed by atoms with van der Waals surface area (Å²) in [6.45, 7) is 12.9. The highest BCUT2D eigenvalue weighted by atomic mass is 28.3. The van der Waals surface area contributed by atoms with Crippen molar-refractivity contribution in [2.75, 3.05) is 13.2 Å². The number of hydrogen-bond donors (Lipinski definition) is 4. The second kappa shape index (κ2) is 10.1. The fraction of sp³-hybridized carbons (Fsp3) is 0.593. The summed E-state index contributed by atoms with van der Waals surface area (Å²) in [5, 5.41) is 6.09. The first kappa shape index (κ1) is 27.2. The van der Waals surface area contributed by atoms with Crippen molar-refractivity contribution in [2.24, 2.45) is 0 Å². The summed E-state index contributed by atoms with van der Waals surface area (Å²) in [7, 11) is -1.71. The van der Waals surface area contributed by atoms with Crippen molar-refractivity contribution in [1.29, 1.82) is 0 Å². The molecule has 1 saturated carbocycles. The Bertz CT molecular complexity index is 1080. The van der Waals surface area contributed by atoms with Gasteiger partial charge >= 0.3 is 12.0 Å². The topological polar surface area (TPSA) is 112 Å². The van der Waals surface area contributed by atoms with Gasteiger partial charge in [0.2, 0.25) is 5.91 Å². The number of carbonyl (C=O) groups is 3. The number of nitrogens with one attached hydrogen (secondary N) is 4. The molecule has 4 rings (SSSR count). The van der Waals surface area contributed by atoms with E-state index >= 15 is 0 Å². The van der Waals surface area contributed by atoms with Crippen molar-refractivity contribution < 1.29 is 19.1 Å². The fourth-order valence-electron chi connectivity index (χ4n) is 5.65. The molecular weight excluding hydrogens is 486 g/mol. The lowest BCUT2D eigenvalue weighted by molar-refractivity contribution is -0.144. The lowest BCUT2D eigenvalue weighted by Crippen LogP contribution is -2.60. The number of esters is 1. The van der Waals surface area contributed by atoms with Crippen LogP contribution >= 0.6 is 0 Å². The summed E-state index contributed by atoms with van der Waals surface area (Å²) in [5.41, 5.74) is 8.57. The van der Waals surface area contributed by atoms with Gasteiger partial charge in [0.15, 0.2) is 0 Å². The fourth-order valence-corrected chi connectivity index (χ4v) is 8.26. The van der Waals surface area contributed by atoms with Crippen LogP contribution in [0.1, 0.15) is 58.1 Å². The van der Waals surface area contributed by atoms with Crippen LogP contribution in [-0.2, 0) is 14.3 Å². The number of amides is 3. The first-order valence-electron chi connectivity index (χ1n) is 13.3. The van der Waals surface area contributed by atoms with Crippen molar-refractivity contribution in [3.8, 4) is 0 Å². The van der Waals surface area contributed by atoms with Crippen LogP contribution in [-0.4, -0.2) is 55.7 Å². The van der Waals surface area contributed by atoms with Crippen LogP contribution in [0.5, 0.6) is 0 Å². The largest absolute Gasteiger partial charge is 0.463 e. The van der Waals surface area contributed by atoms with Gasteiger partial charge in [0, 0.05) is 23.6 Å². The first-order valence-corrected chi connectivity index (χ1v) is 16.8. The van der Waals surface area contributed by atoms with Crippen LogP contribution in [0, 0.1) is 0 Å². The summed E-state index contributed by atoms with van der Waals surface area (Å²) in [6.07, 6.45) is 2.90. The number of rotatable bonds is 8. The molecule has 3 amide bonds. The average Bonchev–Trinajstić information content (AvgIpc) is 3.32. The molecular formula is C27H41N5O4Si.